The average molecular weight is 351 g/mol. The summed E-state index contributed by atoms with van der Waals surface area (Å²) in [6.07, 6.45) is 4.58. The number of likely N-dealkylation sites (tertiary alicyclic amines) is 1. The normalized spacial score (nSPS) is 20.8. The van der Waals surface area contributed by atoms with E-state index in [0.717, 1.165) is 55.9 Å². The van der Waals surface area contributed by atoms with Gasteiger partial charge in [-0.15, -0.1) is 0 Å². The van der Waals surface area contributed by atoms with Crippen molar-refractivity contribution in [2.75, 3.05) is 19.7 Å². The molecule has 5 nitrogen and oxygen atoms in total. The minimum absolute atomic E-state index is 0.0866. The number of piperidine rings is 1. The van der Waals surface area contributed by atoms with Crippen LogP contribution in [0.2, 0.25) is 0 Å². The van der Waals surface area contributed by atoms with E-state index in [1.807, 2.05) is 42.6 Å². The van der Waals surface area contributed by atoms with E-state index in [2.05, 4.69) is 21.3 Å². The third-order valence-electron chi connectivity index (χ3n) is 5.30. The number of hydrogen-bond acceptors (Lipinski definition) is 4. The van der Waals surface area contributed by atoms with E-state index in [1.165, 1.54) is 0 Å². The van der Waals surface area contributed by atoms with Gasteiger partial charge in [-0.1, -0.05) is 24.3 Å². The molecule has 0 bridgehead atoms. The van der Waals surface area contributed by atoms with Crippen molar-refractivity contribution in [3.8, 4) is 5.75 Å². The number of nitrogens with one attached hydrogen (secondary N) is 1. The van der Waals surface area contributed by atoms with Gasteiger partial charge in [0.15, 0.2) is 0 Å². The lowest BCUT2D eigenvalue weighted by molar-refractivity contribution is -0.127. The quantitative estimate of drug-likeness (QED) is 0.919. The van der Waals surface area contributed by atoms with Crippen LogP contribution in [0.5, 0.6) is 5.75 Å². The molecule has 1 atom stereocenters. The van der Waals surface area contributed by atoms with Gasteiger partial charge in [0.2, 0.25) is 5.91 Å². The SMILES string of the molecule is O=C(NC1CCN(Cc2ccccn2)CC1)[C@@H]1COc2ccccc2C1. The number of benzene rings is 1. The molecule has 0 aliphatic carbocycles. The maximum absolute atomic E-state index is 12.6. The second kappa shape index (κ2) is 7.87. The van der Waals surface area contributed by atoms with Crippen LogP contribution in [0.15, 0.2) is 48.7 Å². The Morgan fingerprint density at radius 1 is 1.15 bits per heavy atom. The van der Waals surface area contributed by atoms with Crippen LogP contribution in [0.3, 0.4) is 0 Å². The molecule has 0 saturated carbocycles. The van der Waals surface area contributed by atoms with E-state index >= 15 is 0 Å². The molecule has 1 amide bonds. The van der Waals surface area contributed by atoms with Crippen molar-refractivity contribution >= 4 is 5.91 Å². The lowest BCUT2D eigenvalue weighted by atomic mass is 9.95. The Morgan fingerprint density at radius 2 is 1.96 bits per heavy atom. The van der Waals surface area contributed by atoms with Gasteiger partial charge in [0, 0.05) is 31.9 Å². The third kappa shape index (κ3) is 4.05. The molecule has 1 fully saturated rings. The molecular formula is C21H25N3O2. The van der Waals surface area contributed by atoms with E-state index in [1.54, 1.807) is 0 Å². The average Bonchev–Trinajstić information content (AvgIpc) is 2.70. The van der Waals surface area contributed by atoms with Gasteiger partial charge in [-0.3, -0.25) is 14.7 Å². The Kier molecular flexibility index (Phi) is 5.16. The van der Waals surface area contributed by atoms with E-state index in [4.69, 9.17) is 4.74 Å². The van der Waals surface area contributed by atoms with Gasteiger partial charge >= 0.3 is 0 Å². The summed E-state index contributed by atoms with van der Waals surface area (Å²) in [4.78, 5) is 19.4. The molecule has 0 spiro atoms. The Morgan fingerprint density at radius 3 is 2.77 bits per heavy atom. The highest BCUT2D eigenvalue weighted by Crippen LogP contribution is 2.27. The standard InChI is InChI=1S/C21H25N3O2/c25-21(17-13-16-5-1-2-7-20(16)26-15-17)23-18-8-11-24(12-9-18)14-19-6-3-4-10-22-19/h1-7,10,17-18H,8-9,11-15H2,(H,23,25)/t17-/m0/s1. The van der Waals surface area contributed by atoms with Crippen molar-refractivity contribution in [3.63, 3.8) is 0 Å². The smallest absolute Gasteiger partial charge is 0.227 e. The Labute approximate surface area is 154 Å². The van der Waals surface area contributed by atoms with Crippen molar-refractivity contribution in [3.05, 3.63) is 59.9 Å². The fourth-order valence-electron chi connectivity index (χ4n) is 3.77. The van der Waals surface area contributed by atoms with Crippen LogP contribution in [0.1, 0.15) is 24.1 Å². The van der Waals surface area contributed by atoms with Crippen LogP contribution in [0.25, 0.3) is 0 Å². The van der Waals surface area contributed by atoms with Crippen LogP contribution >= 0.6 is 0 Å². The Hall–Kier alpha value is -2.40. The summed E-state index contributed by atoms with van der Waals surface area (Å²) in [7, 11) is 0. The van der Waals surface area contributed by atoms with E-state index < -0.39 is 0 Å². The van der Waals surface area contributed by atoms with Gasteiger partial charge in [0.05, 0.1) is 11.6 Å². The predicted octanol–water partition coefficient (Wildman–Crippen LogP) is 2.41. The molecule has 2 aliphatic rings. The number of aromatic nitrogens is 1. The number of nitrogens with zero attached hydrogens (tertiary/aromatic N) is 2. The highest BCUT2D eigenvalue weighted by molar-refractivity contribution is 5.80. The number of amides is 1. The molecule has 5 heteroatoms. The highest BCUT2D eigenvalue weighted by Gasteiger charge is 2.28. The van der Waals surface area contributed by atoms with Crippen molar-refractivity contribution in [1.29, 1.82) is 0 Å². The lowest BCUT2D eigenvalue weighted by Crippen LogP contribution is -2.47. The van der Waals surface area contributed by atoms with Gasteiger partial charge in [0.25, 0.3) is 0 Å². The molecule has 4 rings (SSSR count). The summed E-state index contributed by atoms with van der Waals surface area (Å²) in [5, 5.41) is 3.24. The zero-order chi connectivity index (χ0) is 17.8. The minimum atomic E-state index is -0.0866. The number of ether oxygens (including phenoxy) is 1. The monoisotopic (exact) mass is 351 g/mol. The number of carbonyl (C=O) groups excluding carboxylic acids is 1. The topological polar surface area (TPSA) is 54.5 Å². The molecule has 1 aromatic carbocycles. The first-order valence-corrected chi connectivity index (χ1v) is 9.41. The minimum Gasteiger partial charge on any atom is -0.492 e. The fourth-order valence-corrected chi connectivity index (χ4v) is 3.77. The van der Waals surface area contributed by atoms with Gasteiger partial charge in [-0.05, 0) is 43.0 Å². The first-order chi connectivity index (χ1) is 12.8. The zero-order valence-corrected chi connectivity index (χ0v) is 14.9. The van der Waals surface area contributed by atoms with Crippen molar-refractivity contribution in [1.82, 2.24) is 15.2 Å². The summed E-state index contributed by atoms with van der Waals surface area (Å²) >= 11 is 0. The van der Waals surface area contributed by atoms with E-state index in [9.17, 15) is 4.79 Å². The molecule has 2 aliphatic heterocycles. The first kappa shape index (κ1) is 17.0. The largest absolute Gasteiger partial charge is 0.492 e. The van der Waals surface area contributed by atoms with E-state index in [0.29, 0.717) is 6.61 Å². The third-order valence-corrected chi connectivity index (χ3v) is 5.30. The van der Waals surface area contributed by atoms with Crippen LogP contribution < -0.4 is 10.1 Å². The van der Waals surface area contributed by atoms with Gasteiger partial charge in [-0.25, -0.2) is 0 Å². The molecule has 26 heavy (non-hydrogen) atoms. The molecule has 1 saturated heterocycles. The van der Waals surface area contributed by atoms with Crippen molar-refractivity contribution in [2.45, 2.75) is 31.8 Å². The summed E-state index contributed by atoms with van der Waals surface area (Å²) in [5.74, 6) is 0.957. The predicted molar refractivity (Wildman–Crippen MR) is 99.8 cm³/mol. The summed E-state index contributed by atoms with van der Waals surface area (Å²) in [5.41, 5.74) is 2.23. The molecule has 136 valence electrons. The Balaban J connectivity index is 1.25. The fraction of sp³-hybridized carbons (Fsp3) is 0.429. The maximum atomic E-state index is 12.6. The molecule has 0 radical (unpaired) electrons. The zero-order valence-electron chi connectivity index (χ0n) is 14.9. The summed E-state index contributed by atoms with van der Waals surface area (Å²) < 4.78 is 5.75. The van der Waals surface area contributed by atoms with Crippen molar-refractivity contribution < 1.29 is 9.53 Å². The van der Waals surface area contributed by atoms with Gasteiger partial charge < -0.3 is 10.1 Å². The molecule has 2 aromatic rings. The highest BCUT2D eigenvalue weighted by atomic mass is 16.5. The maximum Gasteiger partial charge on any atom is 0.227 e. The van der Waals surface area contributed by atoms with Crippen LogP contribution in [0, 0.1) is 5.92 Å². The molecule has 1 N–H and O–H groups in total. The first-order valence-electron chi connectivity index (χ1n) is 9.41. The number of carbonyl (C=O) groups is 1. The molecule has 0 unspecified atom stereocenters. The number of rotatable bonds is 4. The molecule has 3 heterocycles. The summed E-state index contributed by atoms with van der Waals surface area (Å²) in [6, 6.07) is 14.3. The van der Waals surface area contributed by atoms with Crippen LogP contribution in [-0.2, 0) is 17.8 Å². The van der Waals surface area contributed by atoms with E-state index in [-0.39, 0.29) is 17.9 Å². The lowest BCUT2D eigenvalue weighted by Gasteiger charge is -2.33. The Bertz CT molecular complexity index is 742. The second-order valence-electron chi connectivity index (χ2n) is 7.20. The van der Waals surface area contributed by atoms with Crippen LogP contribution in [-0.4, -0.2) is 41.5 Å². The number of hydrogen-bond donors (Lipinski definition) is 1. The molecular weight excluding hydrogens is 326 g/mol. The van der Waals surface area contributed by atoms with Crippen molar-refractivity contribution in [2.24, 2.45) is 5.92 Å². The number of para-hydroxylation sites is 1. The van der Waals surface area contributed by atoms with Gasteiger partial charge in [-0.2, -0.15) is 0 Å². The summed E-state index contributed by atoms with van der Waals surface area (Å²) in [6.45, 7) is 3.34. The van der Waals surface area contributed by atoms with Crippen LogP contribution in [0.4, 0.5) is 0 Å². The number of pyridine rings is 1. The number of fused-ring (bicyclic) bond motifs is 1. The van der Waals surface area contributed by atoms with Gasteiger partial charge in [0.1, 0.15) is 12.4 Å². The molecule has 1 aromatic heterocycles. The second-order valence-corrected chi connectivity index (χ2v) is 7.20.